The van der Waals surface area contributed by atoms with Crippen LogP contribution in [0.4, 0.5) is 0 Å². The highest BCUT2D eigenvalue weighted by Gasteiger charge is 2.21. The predicted octanol–water partition coefficient (Wildman–Crippen LogP) is 3.69. The molecule has 1 N–H and O–H groups in total. The van der Waals surface area contributed by atoms with Gasteiger partial charge in [0.25, 0.3) is 0 Å². The molecular formula is C19H21N3O. The number of furan rings is 1. The highest BCUT2D eigenvalue weighted by atomic mass is 16.3. The molecule has 0 saturated heterocycles. The van der Waals surface area contributed by atoms with E-state index in [1.54, 1.807) is 0 Å². The van der Waals surface area contributed by atoms with Gasteiger partial charge in [0.1, 0.15) is 5.76 Å². The SMILES string of the molecule is c1cc(CN[C@@H]2CCCc3occc32)cc(Cn2ccnc2)c1. The Hall–Kier alpha value is -2.33. The summed E-state index contributed by atoms with van der Waals surface area (Å²) in [6.45, 7) is 1.75. The van der Waals surface area contributed by atoms with E-state index in [1.165, 1.54) is 29.5 Å². The minimum atomic E-state index is 0.412. The molecule has 2 aromatic heterocycles. The summed E-state index contributed by atoms with van der Waals surface area (Å²) in [6, 6.07) is 11.3. The van der Waals surface area contributed by atoms with Gasteiger partial charge in [-0.1, -0.05) is 24.3 Å². The molecule has 1 aromatic carbocycles. The van der Waals surface area contributed by atoms with Gasteiger partial charge in [-0.25, -0.2) is 4.98 Å². The predicted molar refractivity (Wildman–Crippen MR) is 89.0 cm³/mol. The number of fused-ring (bicyclic) bond motifs is 1. The third-order valence-corrected chi connectivity index (χ3v) is 4.52. The van der Waals surface area contributed by atoms with Crippen LogP contribution in [0.5, 0.6) is 0 Å². The Morgan fingerprint density at radius 2 is 2.22 bits per heavy atom. The van der Waals surface area contributed by atoms with Crippen molar-refractivity contribution in [3.05, 3.63) is 77.8 Å². The highest BCUT2D eigenvalue weighted by molar-refractivity contribution is 5.26. The number of imidazole rings is 1. The Labute approximate surface area is 136 Å². The smallest absolute Gasteiger partial charge is 0.108 e. The largest absolute Gasteiger partial charge is 0.469 e. The fraction of sp³-hybridized carbons (Fsp3) is 0.316. The van der Waals surface area contributed by atoms with Crippen molar-refractivity contribution < 1.29 is 4.42 Å². The molecular weight excluding hydrogens is 286 g/mol. The van der Waals surface area contributed by atoms with Gasteiger partial charge in [-0.15, -0.1) is 0 Å². The van der Waals surface area contributed by atoms with Gasteiger partial charge in [0.2, 0.25) is 0 Å². The van der Waals surface area contributed by atoms with E-state index in [0.29, 0.717) is 6.04 Å². The second-order valence-electron chi connectivity index (χ2n) is 6.18. The first-order chi connectivity index (χ1) is 11.4. The Kier molecular flexibility index (Phi) is 3.99. The third-order valence-electron chi connectivity index (χ3n) is 4.52. The van der Waals surface area contributed by atoms with Gasteiger partial charge in [-0.3, -0.25) is 0 Å². The summed E-state index contributed by atoms with van der Waals surface area (Å²) >= 11 is 0. The molecule has 4 nitrogen and oxygen atoms in total. The molecule has 1 atom stereocenters. The van der Waals surface area contributed by atoms with E-state index in [2.05, 4.69) is 45.2 Å². The van der Waals surface area contributed by atoms with E-state index in [1.807, 2.05) is 25.0 Å². The molecule has 2 heterocycles. The van der Waals surface area contributed by atoms with Gasteiger partial charge in [-0.2, -0.15) is 0 Å². The summed E-state index contributed by atoms with van der Waals surface area (Å²) in [7, 11) is 0. The number of aromatic nitrogens is 2. The van der Waals surface area contributed by atoms with E-state index in [-0.39, 0.29) is 0 Å². The van der Waals surface area contributed by atoms with E-state index in [0.717, 1.165) is 25.3 Å². The number of benzene rings is 1. The zero-order valence-electron chi connectivity index (χ0n) is 13.1. The summed E-state index contributed by atoms with van der Waals surface area (Å²) in [5, 5.41) is 3.69. The number of hydrogen-bond acceptors (Lipinski definition) is 3. The van der Waals surface area contributed by atoms with Crippen molar-refractivity contribution in [2.24, 2.45) is 0 Å². The first-order valence-electron chi connectivity index (χ1n) is 8.22. The third kappa shape index (κ3) is 3.22. The number of rotatable bonds is 5. The van der Waals surface area contributed by atoms with E-state index in [4.69, 9.17) is 4.42 Å². The van der Waals surface area contributed by atoms with Crippen LogP contribution in [0.3, 0.4) is 0 Å². The van der Waals surface area contributed by atoms with Gasteiger partial charge in [-0.05, 0) is 30.0 Å². The van der Waals surface area contributed by atoms with E-state index >= 15 is 0 Å². The Morgan fingerprint density at radius 1 is 1.26 bits per heavy atom. The number of aryl methyl sites for hydroxylation is 1. The molecule has 0 spiro atoms. The van der Waals surface area contributed by atoms with E-state index in [9.17, 15) is 0 Å². The highest BCUT2D eigenvalue weighted by Crippen LogP contribution is 2.30. The topological polar surface area (TPSA) is 43.0 Å². The summed E-state index contributed by atoms with van der Waals surface area (Å²) in [4.78, 5) is 4.10. The molecule has 0 saturated carbocycles. The van der Waals surface area contributed by atoms with E-state index < -0.39 is 0 Å². The van der Waals surface area contributed by atoms with Crippen molar-refractivity contribution in [1.29, 1.82) is 0 Å². The van der Waals surface area contributed by atoms with Gasteiger partial charge in [0.15, 0.2) is 0 Å². The molecule has 4 heteroatoms. The molecule has 0 amide bonds. The molecule has 4 rings (SSSR count). The molecule has 1 aliphatic carbocycles. The molecule has 118 valence electrons. The first-order valence-corrected chi connectivity index (χ1v) is 8.22. The lowest BCUT2D eigenvalue weighted by Gasteiger charge is -2.23. The minimum absolute atomic E-state index is 0.412. The molecule has 0 aliphatic heterocycles. The van der Waals surface area contributed by atoms with Crippen LogP contribution in [0.1, 0.15) is 41.3 Å². The van der Waals surface area contributed by atoms with Crippen LogP contribution < -0.4 is 5.32 Å². The zero-order valence-corrected chi connectivity index (χ0v) is 13.1. The van der Waals surface area contributed by atoms with Crippen molar-refractivity contribution in [2.75, 3.05) is 0 Å². The van der Waals surface area contributed by atoms with Crippen molar-refractivity contribution >= 4 is 0 Å². The van der Waals surface area contributed by atoms with Crippen molar-refractivity contribution in [3.8, 4) is 0 Å². The second-order valence-corrected chi connectivity index (χ2v) is 6.18. The summed E-state index contributed by atoms with van der Waals surface area (Å²) < 4.78 is 7.66. The van der Waals surface area contributed by atoms with Crippen LogP contribution in [0, 0.1) is 0 Å². The lowest BCUT2D eigenvalue weighted by Crippen LogP contribution is -2.24. The monoisotopic (exact) mass is 307 g/mol. The zero-order chi connectivity index (χ0) is 15.5. The average molecular weight is 307 g/mol. The number of hydrogen-bond donors (Lipinski definition) is 1. The van der Waals surface area contributed by atoms with Crippen molar-refractivity contribution in [3.63, 3.8) is 0 Å². The molecule has 1 aliphatic rings. The maximum absolute atomic E-state index is 5.57. The molecule has 23 heavy (non-hydrogen) atoms. The van der Waals surface area contributed by atoms with Gasteiger partial charge in [0, 0.05) is 43.5 Å². The van der Waals surface area contributed by atoms with Gasteiger partial charge in [0.05, 0.1) is 12.6 Å². The first kappa shape index (κ1) is 14.3. The van der Waals surface area contributed by atoms with Gasteiger partial charge < -0.3 is 14.3 Å². The molecule has 3 aromatic rings. The van der Waals surface area contributed by atoms with Crippen molar-refractivity contribution in [1.82, 2.24) is 14.9 Å². The van der Waals surface area contributed by atoms with Crippen molar-refractivity contribution in [2.45, 2.75) is 38.4 Å². The second kappa shape index (κ2) is 6.42. The quantitative estimate of drug-likeness (QED) is 0.781. The number of nitrogens with zero attached hydrogens (tertiary/aromatic N) is 2. The maximum atomic E-state index is 5.57. The fourth-order valence-corrected chi connectivity index (χ4v) is 3.37. The van der Waals surface area contributed by atoms with Crippen LogP contribution in [-0.4, -0.2) is 9.55 Å². The summed E-state index contributed by atoms with van der Waals surface area (Å²) in [5.74, 6) is 1.16. The minimum Gasteiger partial charge on any atom is -0.469 e. The Balaban J connectivity index is 1.42. The van der Waals surface area contributed by atoms with Gasteiger partial charge >= 0.3 is 0 Å². The summed E-state index contributed by atoms with van der Waals surface area (Å²) in [5.41, 5.74) is 3.96. The normalized spacial score (nSPS) is 17.1. The molecule has 0 unspecified atom stereocenters. The number of nitrogens with one attached hydrogen (secondary N) is 1. The summed E-state index contributed by atoms with van der Waals surface area (Å²) in [6.07, 6.45) is 10.9. The standard InChI is InChI=1S/C19H21N3O/c1-3-15(11-16(4-1)13-22-9-8-20-14-22)12-21-18-5-2-6-19-17(18)7-10-23-19/h1,3-4,7-11,14,18,21H,2,5-6,12-13H2/t18-/m1/s1. The van der Waals surface area contributed by atoms with Crippen LogP contribution in [-0.2, 0) is 19.5 Å². The maximum Gasteiger partial charge on any atom is 0.108 e. The average Bonchev–Trinajstić information content (AvgIpc) is 3.24. The van der Waals surface area contributed by atoms with Crippen LogP contribution in [0.15, 0.2) is 59.7 Å². The fourth-order valence-electron chi connectivity index (χ4n) is 3.37. The Morgan fingerprint density at radius 3 is 3.13 bits per heavy atom. The molecule has 0 radical (unpaired) electrons. The molecule has 0 fully saturated rings. The van der Waals surface area contributed by atoms with Crippen LogP contribution >= 0.6 is 0 Å². The molecule has 0 bridgehead atoms. The Bertz CT molecular complexity index is 761. The van der Waals surface area contributed by atoms with Crippen LogP contribution in [0.25, 0.3) is 0 Å². The van der Waals surface area contributed by atoms with Crippen LogP contribution in [0.2, 0.25) is 0 Å². The lowest BCUT2D eigenvalue weighted by molar-refractivity contribution is 0.411. The lowest BCUT2D eigenvalue weighted by atomic mass is 9.93.